The minimum Gasteiger partial charge on any atom is -0.497 e. The first-order valence-electron chi connectivity index (χ1n) is 7.32. The van der Waals surface area contributed by atoms with Crippen molar-refractivity contribution in [2.45, 2.75) is 25.8 Å². The molecule has 1 aromatic heterocycles. The molecule has 3 rings (SSSR count). The number of nitrogens with one attached hydrogen (secondary N) is 1. The van der Waals surface area contributed by atoms with Crippen LogP contribution in [0.4, 0.5) is 10.6 Å². The van der Waals surface area contributed by atoms with Crippen LogP contribution >= 0.6 is 0 Å². The number of aromatic nitrogens is 1. The van der Waals surface area contributed by atoms with Gasteiger partial charge in [0.05, 0.1) is 13.2 Å². The van der Waals surface area contributed by atoms with Crippen molar-refractivity contribution in [3.63, 3.8) is 0 Å². The van der Waals surface area contributed by atoms with E-state index in [1.807, 2.05) is 29.2 Å². The summed E-state index contributed by atoms with van der Waals surface area (Å²) >= 11 is 0. The van der Waals surface area contributed by atoms with Crippen molar-refractivity contribution >= 4 is 11.8 Å². The summed E-state index contributed by atoms with van der Waals surface area (Å²) < 4.78 is 10.1. The number of anilines is 1. The van der Waals surface area contributed by atoms with Gasteiger partial charge in [-0.1, -0.05) is 17.3 Å². The maximum Gasteiger partial charge on any atom is 0.323 e. The van der Waals surface area contributed by atoms with E-state index in [4.69, 9.17) is 9.26 Å². The van der Waals surface area contributed by atoms with E-state index in [1.165, 1.54) is 0 Å². The number of aryl methyl sites for hydroxylation is 1. The van der Waals surface area contributed by atoms with Crippen molar-refractivity contribution in [3.05, 3.63) is 41.7 Å². The number of urea groups is 1. The Morgan fingerprint density at radius 3 is 2.82 bits per heavy atom. The van der Waals surface area contributed by atoms with Gasteiger partial charge in [-0.2, -0.15) is 0 Å². The highest BCUT2D eigenvalue weighted by atomic mass is 16.5. The van der Waals surface area contributed by atoms with Gasteiger partial charge in [0.15, 0.2) is 5.82 Å². The van der Waals surface area contributed by atoms with Crippen molar-refractivity contribution < 1.29 is 14.1 Å². The molecule has 1 fully saturated rings. The molecule has 1 N–H and O–H groups in total. The van der Waals surface area contributed by atoms with Crippen LogP contribution in [0, 0.1) is 6.92 Å². The third kappa shape index (κ3) is 2.90. The molecule has 0 unspecified atom stereocenters. The molecule has 2 aromatic rings. The number of methoxy groups -OCH3 is 1. The molecule has 0 saturated carbocycles. The molecule has 1 aliphatic rings. The number of hydrogen-bond acceptors (Lipinski definition) is 4. The fourth-order valence-electron chi connectivity index (χ4n) is 2.79. The summed E-state index contributed by atoms with van der Waals surface area (Å²) in [7, 11) is 1.64. The van der Waals surface area contributed by atoms with Gasteiger partial charge in [0, 0.05) is 12.6 Å². The fourth-order valence-corrected chi connectivity index (χ4v) is 2.79. The molecule has 0 radical (unpaired) electrons. The van der Waals surface area contributed by atoms with Crippen LogP contribution in [-0.2, 0) is 0 Å². The Kier molecular flexibility index (Phi) is 4.00. The number of ether oxygens (including phenoxy) is 1. The predicted octanol–water partition coefficient (Wildman–Crippen LogP) is 3.36. The van der Waals surface area contributed by atoms with E-state index in [0.29, 0.717) is 11.6 Å². The second kappa shape index (κ2) is 6.09. The minimum absolute atomic E-state index is 0.0823. The van der Waals surface area contributed by atoms with Crippen molar-refractivity contribution in [3.8, 4) is 5.75 Å². The first kappa shape index (κ1) is 14.4. The molecule has 0 aliphatic carbocycles. The maximum atomic E-state index is 12.4. The van der Waals surface area contributed by atoms with Gasteiger partial charge in [0.2, 0.25) is 0 Å². The van der Waals surface area contributed by atoms with Crippen LogP contribution in [-0.4, -0.2) is 29.7 Å². The lowest BCUT2D eigenvalue weighted by molar-refractivity contribution is 0.207. The Balaban J connectivity index is 1.72. The zero-order valence-corrected chi connectivity index (χ0v) is 12.7. The second-order valence-electron chi connectivity index (χ2n) is 5.38. The lowest BCUT2D eigenvalue weighted by Crippen LogP contribution is -2.34. The number of rotatable bonds is 3. The molecule has 1 atom stereocenters. The van der Waals surface area contributed by atoms with Gasteiger partial charge in [0.25, 0.3) is 0 Å². The number of nitrogens with zero attached hydrogens (tertiary/aromatic N) is 2. The van der Waals surface area contributed by atoms with Crippen molar-refractivity contribution in [2.24, 2.45) is 0 Å². The fraction of sp³-hybridized carbons (Fsp3) is 0.375. The van der Waals surface area contributed by atoms with Crippen LogP contribution in [0.25, 0.3) is 0 Å². The zero-order valence-electron chi connectivity index (χ0n) is 12.7. The van der Waals surface area contributed by atoms with Crippen molar-refractivity contribution in [2.75, 3.05) is 19.0 Å². The summed E-state index contributed by atoms with van der Waals surface area (Å²) in [6, 6.07) is 9.50. The van der Waals surface area contributed by atoms with Crippen LogP contribution in [0.2, 0.25) is 0 Å². The summed E-state index contributed by atoms with van der Waals surface area (Å²) in [5.41, 5.74) is 1.12. The van der Waals surface area contributed by atoms with Crippen LogP contribution in [0.15, 0.2) is 34.9 Å². The predicted molar refractivity (Wildman–Crippen MR) is 81.9 cm³/mol. The smallest absolute Gasteiger partial charge is 0.323 e. The van der Waals surface area contributed by atoms with Gasteiger partial charge < -0.3 is 14.2 Å². The minimum atomic E-state index is -0.147. The van der Waals surface area contributed by atoms with E-state index < -0.39 is 0 Å². The Labute approximate surface area is 129 Å². The average Bonchev–Trinajstić information content (AvgIpc) is 3.16. The summed E-state index contributed by atoms with van der Waals surface area (Å²) in [6.07, 6.45) is 1.94. The number of benzene rings is 1. The Morgan fingerprint density at radius 1 is 1.41 bits per heavy atom. The molecule has 0 bridgehead atoms. The third-order valence-corrected chi connectivity index (χ3v) is 3.88. The number of carbonyl (C=O) groups excluding carboxylic acids is 1. The SMILES string of the molecule is COc1ccc([C@@H]2CCCN2C(=O)Nc2cc(C)on2)cc1. The van der Waals surface area contributed by atoms with Crippen molar-refractivity contribution in [1.82, 2.24) is 10.1 Å². The van der Waals surface area contributed by atoms with Gasteiger partial charge >= 0.3 is 6.03 Å². The molecule has 1 aromatic carbocycles. The monoisotopic (exact) mass is 301 g/mol. The second-order valence-corrected chi connectivity index (χ2v) is 5.38. The molecular formula is C16H19N3O3. The highest BCUT2D eigenvalue weighted by Crippen LogP contribution is 2.33. The Bertz CT molecular complexity index is 651. The Morgan fingerprint density at radius 2 is 2.18 bits per heavy atom. The highest BCUT2D eigenvalue weighted by molar-refractivity contribution is 5.88. The van der Waals surface area contributed by atoms with E-state index in [9.17, 15) is 4.79 Å². The maximum absolute atomic E-state index is 12.4. The van der Waals surface area contributed by atoms with Crippen LogP contribution in [0.3, 0.4) is 0 Å². The number of likely N-dealkylation sites (tertiary alicyclic amines) is 1. The van der Waals surface area contributed by atoms with E-state index in [0.717, 1.165) is 30.7 Å². The molecule has 2 amide bonds. The number of carbonyl (C=O) groups is 1. The molecule has 6 nitrogen and oxygen atoms in total. The number of amides is 2. The standard InChI is InChI=1S/C16H19N3O3/c1-11-10-15(18-22-11)17-16(20)19-9-3-4-14(19)12-5-7-13(21-2)8-6-12/h5-8,10,14H,3-4,9H2,1-2H3,(H,17,18,20)/t14-/m0/s1. The Hall–Kier alpha value is -2.50. The lowest BCUT2D eigenvalue weighted by Gasteiger charge is -2.25. The average molecular weight is 301 g/mol. The summed E-state index contributed by atoms with van der Waals surface area (Å²) in [5, 5.41) is 6.58. The zero-order chi connectivity index (χ0) is 15.5. The lowest BCUT2D eigenvalue weighted by atomic mass is 10.0. The van der Waals surface area contributed by atoms with Crippen molar-refractivity contribution in [1.29, 1.82) is 0 Å². The van der Waals surface area contributed by atoms with Gasteiger partial charge in [0.1, 0.15) is 11.5 Å². The normalized spacial score (nSPS) is 17.5. The van der Waals surface area contributed by atoms with Crippen LogP contribution in [0.1, 0.15) is 30.2 Å². The number of hydrogen-bond donors (Lipinski definition) is 1. The topological polar surface area (TPSA) is 67.6 Å². The first-order valence-corrected chi connectivity index (χ1v) is 7.32. The van der Waals surface area contributed by atoms with E-state index in [-0.39, 0.29) is 12.1 Å². The molecule has 22 heavy (non-hydrogen) atoms. The van der Waals surface area contributed by atoms with Gasteiger partial charge in [-0.15, -0.1) is 0 Å². The van der Waals surface area contributed by atoms with Gasteiger partial charge in [-0.25, -0.2) is 4.79 Å². The molecule has 6 heteroatoms. The van der Waals surface area contributed by atoms with E-state index >= 15 is 0 Å². The molecule has 1 aliphatic heterocycles. The summed E-state index contributed by atoms with van der Waals surface area (Å²) in [4.78, 5) is 14.3. The quantitative estimate of drug-likeness (QED) is 0.944. The van der Waals surface area contributed by atoms with Gasteiger partial charge in [-0.05, 0) is 37.5 Å². The van der Waals surface area contributed by atoms with Crippen LogP contribution in [0.5, 0.6) is 5.75 Å². The largest absolute Gasteiger partial charge is 0.497 e. The molecule has 1 saturated heterocycles. The summed E-state index contributed by atoms with van der Waals surface area (Å²) in [5.74, 6) is 1.93. The summed E-state index contributed by atoms with van der Waals surface area (Å²) in [6.45, 7) is 2.53. The van der Waals surface area contributed by atoms with Crippen LogP contribution < -0.4 is 10.1 Å². The molecule has 116 valence electrons. The van der Waals surface area contributed by atoms with Gasteiger partial charge in [-0.3, -0.25) is 5.32 Å². The third-order valence-electron chi connectivity index (χ3n) is 3.88. The highest BCUT2D eigenvalue weighted by Gasteiger charge is 2.30. The molecule has 2 heterocycles. The molecular weight excluding hydrogens is 282 g/mol. The first-order chi connectivity index (χ1) is 10.7. The van der Waals surface area contributed by atoms with E-state index in [2.05, 4.69) is 10.5 Å². The molecule has 0 spiro atoms. The van der Waals surface area contributed by atoms with E-state index in [1.54, 1.807) is 20.1 Å².